The number of aromatic nitrogens is 1. The molecule has 162 valence electrons. The summed E-state index contributed by atoms with van der Waals surface area (Å²) in [6, 6.07) is 11.5. The quantitative estimate of drug-likeness (QED) is 0.655. The number of pyridine rings is 1. The van der Waals surface area contributed by atoms with Gasteiger partial charge in [0.1, 0.15) is 11.6 Å². The second-order valence-electron chi connectivity index (χ2n) is 7.28. The number of carbonyl (C=O) groups excluding carboxylic acids is 1. The van der Waals surface area contributed by atoms with Crippen LogP contribution >= 0.6 is 0 Å². The van der Waals surface area contributed by atoms with Crippen molar-refractivity contribution in [3.05, 3.63) is 77.9 Å². The molecule has 6 nitrogen and oxygen atoms in total. The second kappa shape index (κ2) is 8.81. The lowest BCUT2D eigenvalue weighted by Gasteiger charge is -2.35. The molecule has 0 radical (unpaired) electrons. The smallest absolute Gasteiger partial charge is 0.416 e. The molecule has 1 aliphatic rings. The van der Waals surface area contributed by atoms with Gasteiger partial charge in [0.05, 0.1) is 30.3 Å². The van der Waals surface area contributed by atoms with Crippen LogP contribution in [0.3, 0.4) is 0 Å². The summed E-state index contributed by atoms with van der Waals surface area (Å²) in [5, 5.41) is 2.66. The van der Waals surface area contributed by atoms with Crippen LogP contribution in [0.2, 0.25) is 0 Å². The van der Waals surface area contributed by atoms with Crippen molar-refractivity contribution in [2.75, 3.05) is 36.4 Å². The molecule has 0 atom stereocenters. The predicted octanol–water partition coefficient (Wildman–Crippen LogP) is 4.27. The second-order valence-corrected chi connectivity index (χ2v) is 7.28. The van der Waals surface area contributed by atoms with Crippen molar-refractivity contribution < 1.29 is 22.4 Å². The zero-order chi connectivity index (χ0) is 21.8. The first kappa shape index (κ1) is 20.9. The molecule has 0 saturated carbocycles. The van der Waals surface area contributed by atoms with Crippen molar-refractivity contribution in [2.24, 2.45) is 0 Å². The van der Waals surface area contributed by atoms with E-state index >= 15 is 0 Å². The zero-order valence-corrected chi connectivity index (χ0v) is 16.6. The van der Waals surface area contributed by atoms with Gasteiger partial charge in [0.25, 0.3) is 5.91 Å². The van der Waals surface area contributed by atoms with Crippen LogP contribution in [0, 0.1) is 0 Å². The molecule has 0 unspecified atom stereocenters. The normalized spacial score (nSPS) is 15.1. The van der Waals surface area contributed by atoms with Crippen LogP contribution in [0.25, 0.3) is 0 Å². The molecule has 2 aromatic heterocycles. The van der Waals surface area contributed by atoms with Gasteiger partial charge >= 0.3 is 6.18 Å². The van der Waals surface area contributed by atoms with Crippen LogP contribution in [0.15, 0.2) is 65.4 Å². The number of anilines is 2. The summed E-state index contributed by atoms with van der Waals surface area (Å²) in [5.74, 6) is 1.26. The molecule has 1 aromatic carbocycles. The Morgan fingerprint density at radius 1 is 1.03 bits per heavy atom. The van der Waals surface area contributed by atoms with E-state index in [0.29, 0.717) is 5.69 Å². The zero-order valence-electron chi connectivity index (χ0n) is 16.6. The van der Waals surface area contributed by atoms with Crippen molar-refractivity contribution in [1.29, 1.82) is 0 Å². The molecule has 4 rings (SSSR count). The average Bonchev–Trinajstić information content (AvgIpc) is 3.27. The summed E-state index contributed by atoms with van der Waals surface area (Å²) in [5.41, 5.74) is -0.172. The van der Waals surface area contributed by atoms with E-state index in [1.54, 1.807) is 18.5 Å². The number of nitrogens with zero attached hydrogens (tertiary/aromatic N) is 3. The number of amides is 1. The Labute approximate surface area is 177 Å². The highest BCUT2D eigenvalue weighted by atomic mass is 19.4. The van der Waals surface area contributed by atoms with E-state index in [-0.39, 0.29) is 5.56 Å². The Morgan fingerprint density at radius 2 is 1.77 bits per heavy atom. The predicted molar refractivity (Wildman–Crippen MR) is 110 cm³/mol. The maximum Gasteiger partial charge on any atom is 0.416 e. The molecular weight excluding hydrogens is 409 g/mol. The molecule has 1 aliphatic heterocycles. The number of furan rings is 1. The third kappa shape index (κ3) is 5.24. The fourth-order valence-electron chi connectivity index (χ4n) is 3.42. The van der Waals surface area contributed by atoms with Gasteiger partial charge in [-0.15, -0.1) is 0 Å². The van der Waals surface area contributed by atoms with Gasteiger partial charge in [-0.05, 0) is 48.5 Å². The van der Waals surface area contributed by atoms with Gasteiger partial charge in [-0.2, -0.15) is 13.2 Å². The minimum Gasteiger partial charge on any atom is -0.468 e. The molecule has 0 spiro atoms. The summed E-state index contributed by atoms with van der Waals surface area (Å²) in [7, 11) is 0. The van der Waals surface area contributed by atoms with Crippen molar-refractivity contribution in [3.63, 3.8) is 0 Å². The van der Waals surface area contributed by atoms with E-state index in [1.165, 1.54) is 0 Å². The summed E-state index contributed by atoms with van der Waals surface area (Å²) in [4.78, 5) is 21.2. The van der Waals surface area contributed by atoms with Crippen LogP contribution in [-0.2, 0) is 12.7 Å². The third-order valence-corrected chi connectivity index (χ3v) is 5.14. The molecule has 0 aliphatic carbocycles. The van der Waals surface area contributed by atoms with E-state index in [1.807, 2.05) is 18.2 Å². The number of benzene rings is 1. The van der Waals surface area contributed by atoms with Crippen molar-refractivity contribution in [1.82, 2.24) is 9.88 Å². The number of rotatable bonds is 5. The first-order chi connectivity index (χ1) is 14.9. The first-order valence-corrected chi connectivity index (χ1v) is 9.83. The third-order valence-electron chi connectivity index (χ3n) is 5.14. The SMILES string of the molecule is O=C(Nc1ccc(N2CCN(Cc3ccco3)CC2)nc1)c1ccc(C(F)(F)F)cc1. The van der Waals surface area contributed by atoms with Gasteiger partial charge in [-0.1, -0.05) is 0 Å². The Morgan fingerprint density at radius 3 is 2.35 bits per heavy atom. The van der Waals surface area contributed by atoms with Crippen LogP contribution in [0.5, 0.6) is 0 Å². The Balaban J connectivity index is 1.30. The Bertz CT molecular complexity index is 995. The molecule has 1 amide bonds. The molecular formula is C22H21F3N4O2. The van der Waals surface area contributed by atoms with Gasteiger partial charge in [0.2, 0.25) is 0 Å². The van der Waals surface area contributed by atoms with E-state index < -0.39 is 17.6 Å². The number of halogens is 3. The number of alkyl halides is 3. The highest BCUT2D eigenvalue weighted by Gasteiger charge is 2.30. The van der Waals surface area contributed by atoms with E-state index in [9.17, 15) is 18.0 Å². The largest absolute Gasteiger partial charge is 0.468 e. The molecule has 1 saturated heterocycles. The van der Waals surface area contributed by atoms with Gasteiger partial charge in [0.15, 0.2) is 0 Å². The number of hydrogen-bond donors (Lipinski definition) is 1. The average molecular weight is 430 g/mol. The molecule has 0 bridgehead atoms. The number of hydrogen-bond acceptors (Lipinski definition) is 5. The van der Waals surface area contributed by atoms with Crippen LogP contribution in [0.4, 0.5) is 24.7 Å². The lowest BCUT2D eigenvalue weighted by atomic mass is 10.1. The molecule has 9 heteroatoms. The summed E-state index contributed by atoms with van der Waals surface area (Å²) >= 11 is 0. The maximum atomic E-state index is 12.6. The lowest BCUT2D eigenvalue weighted by Crippen LogP contribution is -2.46. The number of piperazine rings is 1. The highest BCUT2D eigenvalue weighted by Crippen LogP contribution is 2.29. The standard InChI is InChI=1S/C22H21F3N4O2/c23-22(24,25)17-5-3-16(4-6-17)21(30)27-18-7-8-20(26-14-18)29-11-9-28(10-12-29)15-19-2-1-13-31-19/h1-8,13-14H,9-12,15H2,(H,27,30). The molecule has 1 N–H and O–H groups in total. The van der Waals surface area contributed by atoms with E-state index in [2.05, 4.69) is 20.1 Å². The summed E-state index contributed by atoms with van der Waals surface area (Å²) in [6.45, 7) is 4.20. The van der Waals surface area contributed by atoms with Crippen molar-refractivity contribution in [3.8, 4) is 0 Å². The topological polar surface area (TPSA) is 61.6 Å². The molecule has 3 heterocycles. The van der Waals surface area contributed by atoms with E-state index in [4.69, 9.17) is 4.42 Å². The first-order valence-electron chi connectivity index (χ1n) is 9.83. The van der Waals surface area contributed by atoms with Crippen LogP contribution < -0.4 is 10.2 Å². The van der Waals surface area contributed by atoms with Crippen LogP contribution in [-0.4, -0.2) is 42.0 Å². The fourth-order valence-corrected chi connectivity index (χ4v) is 3.42. The Hall–Kier alpha value is -3.33. The molecule has 1 fully saturated rings. The van der Waals surface area contributed by atoms with Gasteiger partial charge in [-0.3, -0.25) is 9.69 Å². The summed E-state index contributed by atoms with van der Waals surface area (Å²) < 4.78 is 43.3. The maximum absolute atomic E-state index is 12.6. The minimum atomic E-state index is -4.43. The highest BCUT2D eigenvalue weighted by molar-refractivity contribution is 6.04. The molecule has 31 heavy (non-hydrogen) atoms. The van der Waals surface area contributed by atoms with Crippen molar-refractivity contribution in [2.45, 2.75) is 12.7 Å². The van der Waals surface area contributed by atoms with Crippen LogP contribution in [0.1, 0.15) is 21.7 Å². The number of carbonyl (C=O) groups is 1. The Kier molecular flexibility index (Phi) is 5.94. The number of nitrogens with one attached hydrogen (secondary N) is 1. The van der Waals surface area contributed by atoms with E-state index in [0.717, 1.165) is 68.6 Å². The van der Waals surface area contributed by atoms with Gasteiger partial charge in [-0.25, -0.2) is 4.98 Å². The monoisotopic (exact) mass is 430 g/mol. The van der Waals surface area contributed by atoms with Crippen molar-refractivity contribution >= 4 is 17.4 Å². The molecule has 3 aromatic rings. The van der Waals surface area contributed by atoms with Gasteiger partial charge in [0, 0.05) is 31.7 Å². The van der Waals surface area contributed by atoms with Gasteiger partial charge < -0.3 is 14.6 Å². The lowest BCUT2D eigenvalue weighted by molar-refractivity contribution is -0.137. The minimum absolute atomic E-state index is 0.143. The fraction of sp³-hybridized carbons (Fsp3) is 0.273. The summed E-state index contributed by atoms with van der Waals surface area (Å²) in [6.07, 6.45) is -1.21.